The first-order chi connectivity index (χ1) is 11.5. The van der Waals surface area contributed by atoms with Gasteiger partial charge >= 0.3 is 11.9 Å². The summed E-state index contributed by atoms with van der Waals surface area (Å²) >= 11 is 6.04. The third kappa shape index (κ3) is 8.74. The summed E-state index contributed by atoms with van der Waals surface area (Å²) in [7, 11) is 0. The van der Waals surface area contributed by atoms with Crippen molar-refractivity contribution in [3.63, 3.8) is 0 Å². The van der Waals surface area contributed by atoms with Crippen molar-refractivity contribution in [3.8, 4) is 5.75 Å². The molecule has 1 saturated heterocycles. The molecule has 0 saturated carbocycles. The van der Waals surface area contributed by atoms with Crippen molar-refractivity contribution in [2.24, 2.45) is 0 Å². The van der Waals surface area contributed by atoms with E-state index in [1.165, 1.54) is 38.8 Å². The van der Waals surface area contributed by atoms with Crippen LogP contribution in [-0.4, -0.2) is 53.3 Å². The second-order valence-corrected chi connectivity index (χ2v) is 5.91. The van der Waals surface area contributed by atoms with E-state index in [0.717, 1.165) is 25.3 Å². The van der Waals surface area contributed by atoms with Crippen LogP contribution < -0.4 is 4.74 Å². The van der Waals surface area contributed by atoms with Gasteiger partial charge in [0.05, 0.1) is 11.6 Å². The van der Waals surface area contributed by atoms with Gasteiger partial charge in [0.2, 0.25) is 0 Å². The molecule has 1 heterocycles. The van der Waals surface area contributed by atoms with Crippen LogP contribution in [0.25, 0.3) is 0 Å². The molecule has 0 aromatic heterocycles. The summed E-state index contributed by atoms with van der Waals surface area (Å²) in [6.07, 6.45) is 6.57. The van der Waals surface area contributed by atoms with Gasteiger partial charge < -0.3 is 19.8 Å². The average Bonchev–Trinajstić information content (AvgIpc) is 2.82. The summed E-state index contributed by atoms with van der Waals surface area (Å²) in [6, 6.07) is 7.67. The molecule has 6 nitrogen and oxygen atoms in total. The van der Waals surface area contributed by atoms with E-state index in [2.05, 4.69) is 4.90 Å². The predicted molar refractivity (Wildman–Crippen MR) is 91.7 cm³/mol. The van der Waals surface area contributed by atoms with Crippen LogP contribution in [-0.2, 0) is 9.59 Å². The van der Waals surface area contributed by atoms with Gasteiger partial charge in [-0.15, -0.1) is 0 Å². The molecule has 134 valence electrons. The Kier molecular flexibility index (Phi) is 9.88. The van der Waals surface area contributed by atoms with Crippen LogP contribution in [0.1, 0.15) is 32.1 Å². The van der Waals surface area contributed by atoms with E-state index < -0.39 is 11.9 Å². The fourth-order valence-corrected chi connectivity index (χ4v) is 2.58. The number of halogens is 1. The summed E-state index contributed by atoms with van der Waals surface area (Å²) in [5.41, 5.74) is 0. The van der Waals surface area contributed by atoms with E-state index in [0.29, 0.717) is 5.02 Å². The lowest BCUT2D eigenvalue weighted by Crippen LogP contribution is -2.26. The molecule has 0 spiro atoms. The highest BCUT2D eigenvalue weighted by molar-refractivity contribution is 6.32. The number of ether oxygens (including phenoxy) is 1. The Morgan fingerprint density at radius 2 is 1.62 bits per heavy atom. The Bertz CT molecular complexity index is 503. The number of nitrogens with zero attached hydrogens (tertiary/aromatic N) is 1. The van der Waals surface area contributed by atoms with Crippen molar-refractivity contribution in [2.45, 2.75) is 32.1 Å². The minimum atomic E-state index is -1.82. The predicted octanol–water partition coefficient (Wildman–Crippen LogP) is 3.14. The Hall–Kier alpha value is -1.79. The molecule has 0 amide bonds. The van der Waals surface area contributed by atoms with Crippen molar-refractivity contribution in [2.75, 3.05) is 26.2 Å². The first-order valence-electron chi connectivity index (χ1n) is 8.06. The lowest BCUT2D eigenvalue weighted by molar-refractivity contribution is -0.159. The molecule has 0 aliphatic carbocycles. The van der Waals surface area contributed by atoms with Crippen molar-refractivity contribution >= 4 is 23.5 Å². The Balaban J connectivity index is 0.000000413. The maximum atomic E-state index is 9.10. The van der Waals surface area contributed by atoms with Gasteiger partial charge in [0.15, 0.2) is 0 Å². The molecule has 0 bridgehead atoms. The standard InChI is InChI=1S/C15H22ClNO.C2H2O4/c16-14-8-3-4-9-15(14)18-13-7-12-17-10-5-1-2-6-11-17;3-1(4)2(5)6/h3-4,8-9H,1-2,5-7,10-13H2;(H,3,4)(H,5,6). The smallest absolute Gasteiger partial charge is 0.414 e. The topological polar surface area (TPSA) is 87.1 Å². The molecule has 1 aliphatic heterocycles. The quantitative estimate of drug-likeness (QED) is 0.621. The number of rotatable bonds is 5. The van der Waals surface area contributed by atoms with Gasteiger partial charge in [-0.3, -0.25) is 0 Å². The second kappa shape index (κ2) is 11.7. The van der Waals surface area contributed by atoms with Crippen LogP contribution in [0, 0.1) is 0 Å². The van der Waals surface area contributed by atoms with E-state index in [9.17, 15) is 0 Å². The van der Waals surface area contributed by atoms with Crippen LogP contribution in [0.3, 0.4) is 0 Å². The molecule has 1 aromatic carbocycles. The van der Waals surface area contributed by atoms with Gasteiger partial charge in [-0.2, -0.15) is 0 Å². The highest BCUT2D eigenvalue weighted by Gasteiger charge is 2.08. The summed E-state index contributed by atoms with van der Waals surface area (Å²) in [5.74, 6) is -2.85. The van der Waals surface area contributed by atoms with E-state index in [1.807, 2.05) is 24.3 Å². The van der Waals surface area contributed by atoms with E-state index >= 15 is 0 Å². The number of carboxylic acid groups (broad SMARTS) is 2. The Morgan fingerprint density at radius 3 is 2.17 bits per heavy atom. The first kappa shape index (κ1) is 20.3. The van der Waals surface area contributed by atoms with Crippen molar-refractivity contribution < 1.29 is 24.5 Å². The number of hydrogen-bond acceptors (Lipinski definition) is 4. The maximum absolute atomic E-state index is 9.10. The molecular formula is C17H24ClNO5. The molecule has 0 radical (unpaired) electrons. The zero-order chi connectivity index (χ0) is 17.8. The molecule has 0 unspecified atom stereocenters. The number of aliphatic carboxylic acids is 2. The summed E-state index contributed by atoms with van der Waals surface area (Å²) in [5, 5.41) is 15.5. The molecule has 1 fully saturated rings. The summed E-state index contributed by atoms with van der Waals surface area (Å²) < 4.78 is 5.70. The Labute approximate surface area is 147 Å². The number of hydrogen-bond donors (Lipinski definition) is 2. The Morgan fingerprint density at radius 1 is 1.04 bits per heavy atom. The molecule has 2 N–H and O–H groups in total. The van der Waals surface area contributed by atoms with E-state index in [4.69, 9.17) is 36.1 Å². The number of carboxylic acids is 2. The van der Waals surface area contributed by atoms with Gasteiger partial charge in [-0.25, -0.2) is 9.59 Å². The average molecular weight is 358 g/mol. The highest BCUT2D eigenvalue weighted by atomic mass is 35.5. The fourth-order valence-electron chi connectivity index (χ4n) is 2.39. The maximum Gasteiger partial charge on any atom is 0.414 e. The van der Waals surface area contributed by atoms with Gasteiger partial charge in [0.1, 0.15) is 5.75 Å². The largest absolute Gasteiger partial charge is 0.492 e. The van der Waals surface area contributed by atoms with E-state index in [-0.39, 0.29) is 0 Å². The summed E-state index contributed by atoms with van der Waals surface area (Å²) in [6.45, 7) is 4.41. The van der Waals surface area contributed by atoms with Crippen LogP contribution in [0.5, 0.6) is 5.75 Å². The number of benzene rings is 1. The van der Waals surface area contributed by atoms with Gasteiger partial charge in [0.25, 0.3) is 0 Å². The highest BCUT2D eigenvalue weighted by Crippen LogP contribution is 2.23. The number of para-hydroxylation sites is 1. The fraction of sp³-hybridized carbons (Fsp3) is 0.529. The minimum absolute atomic E-state index is 0.701. The van der Waals surface area contributed by atoms with Crippen LogP contribution in [0.15, 0.2) is 24.3 Å². The van der Waals surface area contributed by atoms with Gasteiger partial charge in [-0.05, 0) is 44.5 Å². The zero-order valence-corrected chi connectivity index (χ0v) is 14.4. The number of likely N-dealkylation sites (tertiary alicyclic amines) is 1. The van der Waals surface area contributed by atoms with Gasteiger partial charge in [-0.1, -0.05) is 36.6 Å². The van der Waals surface area contributed by atoms with Crippen molar-refractivity contribution in [1.29, 1.82) is 0 Å². The molecular weight excluding hydrogens is 334 g/mol. The van der Waals surface area contributed by atoms with Crippen LogP contribution >= 0.6 is 11.6 Å². The monoisotopic (exact) mass is 357 g/mol. The van der Waals surface area contributed by atoms with Crippen LogP contribution in [0.2, 0.25) is 5.02 Å². The van der Waals surface area contributed by atoms with Crippen LogP contribution in [0.4, 0.5) is 0 Å². The first-order valence-corrected chi connectivity index (χ1v) is 8.44. The molecule has 1 aliphatic rings. The third-order valence-corrected chi connectivity index (χ3v) is 3.91. The van der Waals surface area contributed by atoms with Crippen molar-refractivity contribution in [3.05, 3.63) is 29.3 Å². The second-order valence-electron chi connectivity index (χ2n) is 5.50. The SMILES string of the molecule is Clc1ccccc1OCCCN1CCCCCC1.O=C(O)C(=O)O. The molecule has 2 rings (SSSR count). The van der Waals surface area contributed by atoms with Crippen molar-refractivity contribution in [1.82, 2.24) is 4.90 Å². The zero-order valence-electron chi connectivity index (χ0n) is 13.6. The normalized spacial score (nSPS) is 14.9. The van der Waals surface area contributed by atoms with E-state index in [1.54, 1.807) is 0 Å². The third-order valence-electron chi connectivity index (χ3n) is 3.59. The molecule has 24 heavy (non-hydrogen) atoms. The molecule has 1 aromatic rings. The van der Waals surface area contributed by atoms with Gasteiger partial charge in [0, 0.05) is 6.54 Å². The summed E-state index contributed by atoms with van der Waals surface area (Å²) in [4.78, 5) is 20.8. The minimum Gasteiger partial charge on any atom is -0.492 e. The molecule has 7 heteroatoms. The lowest BCUT2D eigenvalue weighted by atomic mass is 10.2. The lowest BCUT2D eigenvalue weighted by Gasteiger charge is -2.19. The molecule has 0 atom stereocenters. The number of carbonyl (C=O) groups is 2.